The van der Waals surface area contributed by atoms with E-state index in [1.54, 1.807) is 5.57 Å². The smallest absolute Gasteiger partial charge is 0.0280 e. The van der Waals surface area contributed by atoms with E-state index in [2.05, 4.69) is 78.0 Å². The van der Waals surface area contributed by atoms with E-state index in [1.807, 2.05) is 0 Å². The van der Waals surface area contributed by atoms with E-state index in [4.69, 9.17) is 0 Å². The number of hydrogen-bond acceptors (Lipinski definition) is 0. The van der Waals surface area contributed by atoms with Gasteiger partial charge in [-0.15, -0.1) is 0 Å². The van der Waals surface area contributed by atoms with Crippen molar-refractivity contribution in [2.75, 3.05) is 0 Å². The molecule has 0 amide bonds. The fourth-order valence-corrected chi connectivity index (χ4v) is 2.26. The van der Waals surface area contributed by atoms with E-state index in [1.165, 1.54) is 55.2 Å². The third-order valence-corrected chi connectivity index (χ3v) is 4.13. The van der Waals surface area contributed by atoms with Gasteiger partial charge in [-0.1, -0.05) is 100 Å². The zero-order valence-electron chi connectivity index (χ0n) is 16.4. The molecule has 1 aliphatic rings. The Labute approximate surface area is 145 Å². The first-order valence-electron chi connectivity index (χ1n) is 9.47. The molecule has 0 unspecified atom stereocenters. The normalized spacial score (nSPS) is 13.0. The second-order valence-electron chi connectivity index (χ2n) is 6.38. The summed E-state index contributed by atoms with van der Waals surface area (Å²) in [4.78, 5) is 0. The highest BCUT2D eigenvalue weighted by molar-refractivity contribution is 5.22. The maximum absolute atomic E-state index is 2.26. The lowest BCUT2D eigenvalue weighted by atomic mass is 9.98. The summed E-state index contributed by atoms with van der Waals surface area (Å²) in [5.74, 6) is 0. The van der Waals surface area contributed by atoms with Crippen molar-refractivity contribution in [1.29, 1.82) is 0 Å². The molecule has 0 saturated heterocycles. The highest BCUT2D eigenvalue weighted by Crippen LogP contribution is 2.19. The Morgan fingerprint density at radius 2 is 1.35 bits per heavy atom. The van der Waals surface area contributed by atoms with Gasteiger partial charge >= 0.3 is 0 Å². The zero-order chi connectivity index (χ0) is 17.5. The minimum atomic E-state index is 1.14. The summed E-state index contributed by atoms with van der Waals surface area (Å²) in [5, 5.41) is 0. The SMILES string of the molecule is CCC1=CC=C(C)CC1.CCCCC.CCc1ccc(C)cc1. The van der Waals surface area contributed by atoms with Gasteiger partial charge in [0.05, 0.1) is 0 Å². The number of aryl methyl sites for hydroxylation is 2. The summed E-state index contributed by atoms with van der Waals surface area (Å²) in [6.07, 6.45) is 13.5. The second-order valence-corrected chi connectivity index (χ2v) is 6.38. The minimum Gasteiger partial charge on any atom is -0.0730 e. The molecule has 0 atom stereocenters. The van der Waals surface area contributed by atoms with Crippen molar-refractivity contribution < 1.29 is 0 Å². The van der Waals surface area contributed by atoms with Gasteiger partial charge in [0.15, 0.2) is 0 Å². The average Bonchev–Trinajstić information content (AvgIpc) is 2.58. The molecule has 0 saturated carbocycles. The molecule has 0 bridgehead atoms. The molecule has 1 aliphatic carbocycles. The molecular weight excluding hydrogens is 276 g/mol. The third kappa shape index (κ3) is 11.9. The van der Waals surface area contributed by atoms with Crippen molar-refractivity contribution in [3.8, 4) is 0 Å². The molecule has 0 spiro atoms. The van der Waals surface area contributed by atoms with Crippen LogP contribution in [0.25, 0.3) is 0 Å². The molecule has 0 N–H and O–H groups in total. The Bertz CT molecular complexity index is 443. The van der Waals surface area contributed by atoms with Crippen LogP contribution in [0.5, 0.6) is 0 Å². The van der Waals surface area contributed by atoms with E-state index in [0.717, 1.165) is 6.42 Å². The Balaban J connectivity index is 0.000000332. The third-order valence-electron chi connectivity index (χ3n) is 4.13. The number of hydrogen-bond donors (Lipinski definition) is 0. The van der Waals surface area contributed by atoms with Gasteiger partial charge < -0.3 is 0 Å². The quantitative estimate of drug-likeness (QED) is 0.531. The van der Waals surface area contributed by atoms with Crippen LogP contribution < -0.4 is 0 Å². The summed E-state index contributed by atoms with van der Waals surface area (Å²) in [5.41, 5.74) is 5.88. The molecular formula is C23H38. The molecule has 1 aromatic rings. The van der Waals surface area contributed by atoms with Crippen LogP contribution in [0, 0.1) is 6.92 Å². The maximum atomic E-state index is 2.26. The molecule has 23 heavy (non-hydrogen) atoms. The summed E-state index contributed by atoms with van der Waals surface area (Å²) < 4.78 is 0. The molecule has 0 aliphatic heterocycles. The lowest BCUT2D eigenvalue weighted by molar-refractivity contribution is 0.772. The topological polar surface area (TPSA) is 0 Å². The van der Waals surface area contributed by atoms with Gasteiger partial charge in [0.2, 0.25) is 0 Å². The van der Waals surface area contributed by atoms with Gasteiger partial charge in [0.1, 0.15) is 0 Å². The molecule has 0 radical (unpaired) electrons. The molecule has 0 fully saturated rings. The highest BCUT2D eigenvalue weighted by atomic mass is 14.0. The summed E-state index contributed by atoms with van der Waals surface area (Å²) in [6.45, 7) is 13.1. The zero-order valence-corrected chi connectivity index (χ0v) is 16.4. The van der Waals surface area contributed by atoms with Crippen molar-refractivity contribution in [3.05, 3.63) is 58.7 Å². The summed E-state index contributed by atoms with van der Waals surface area (Å²) in [7, 11) is 0. The van der Waals surface area contributed by atoms with Crippen LogP contribution in [0.15, 0.2) is 47.6 Å². The molecule has 1 aromatic carbocycles. The molecule has 0 heterocycles. The van der Waals surface area contributed by atoms with Gasteiger partial charge in [-0.05, 0) is 45.1 Å². The number of allylic oxidation sites excluding steroid dienone is 4. The van der Waals surface area contributed by atoms with Crippen LogP contribution in [0.1, 0.15) is 84.3 Å². The Morgan fingerprint density at radius 1 is 0.739 bits per heavy atom. The van der Waals surface area contributed by atoms with E-state index < -0.39 is 0 Å². The molecule has 0 aromatic heterocycles. The van der Waals surface area contributed by atoms with Crippen molar-refractivity contribution in [2.24, 2.45) is 0 Å². The Kier molecular flexibility index (Phi) is 13.5. The number of benzene rings is 1. The van der Waals surface area contributed by atoms with E-state index in [0.29, 0.717) is 0 Å². The van der Waals surface area contributed by atoms with Crippen LogP contribution >= 0.6 is 0 Å². The molecule has 2 rings (SSSR count). The lowest BCUT2D eigenvalue weighted by Crippen LogP contribution is -1.88. The Hall–Kier alpha value is -1.30. The minimum absolute atomic E-state index is 1.14. The average molecular weight is 315 g/mol. The molecule has 0 nitrogen and oxygen atoms in total. The summed E-state index contributed by atoms with van der Waals surface area (Å²) >= 11 is 0. The molecule has 0 heteroatoms. The first kappa shape index (κ1) is 21.7. The van der Waals surface area contributed by atoms with Crippen molar-refractivity contribution in [1.82, 2.24) is 0 Å². The maximum Gasteiger partial charge on any atom is -0.0280 e. The van der Waals surface area contributed by atoms with Crippen molar-refractivity contribution in [2.45, 2.75) is 86.5 Å². The van der Waals surface area contributed by atoms with E-state index >= 15 is 0 Å². The molecule has 130 valence electrons. The van der Waals surface area contributed by atoms with Crippen LogP contribution in [0.4, 0.5) is 0 Å². The second kappa shape index (κ2) is 14.3. The Morgan fingerprint density at radius 3 is 1.70 bits per heavy atom. The number of unbranched alkanes of at least 4 members (excludes halogenated alkanes) is 2. The van der Waals surface area contributed by atoms with E-state index in [9.17, 15) is 0 Å². The van der Waals surface area contributed by atoms with E-state index in [-0.39, 0.29) is 0 Å². The van der Waals surface area contributed by atoms with Crippen LogP contribution in [0.2, 0.25) is 0 Å². The largest absolute Gasteiger partial charge is 0.0730 e. The fourth-order valence-electron chi connectivity index (χ4n) is 2.26. The standard InChI is InChI=1S/C9H14.C9H12.C5H12/c2*1-3-9-6-4-8(2)5-7-9;1-3-5-4-2/h4,6H,3,5,7H2,1-2H3;4-7H,3H2,1-2H3;3-5H2,1-2H3. The van der Waals surface area contributed by atoms with Gasteiger partial charge in [-0.25, -0.2) is 0 Å². The number of rotatable bonds is 4. The predicted molar refractivity (Wildman–Crippen MR) is 107 cm³/mol. The van der Waals surface area contributed by atoms with Crippen molar-refractivity contribution >= 4 is 0 Å². The van der Waals surface area contributed by atoms with Gasteiger partial charge in [-0.2, -0.15) is 0 Å². The van der Waals surface area contributed by atoms with Crippen LogP contribution in [0.3, 0.4) is 0 Å². The monoisotopic (exact) mass is 314 g/mol. The predicted octanol–water partition coefficient (Wildman–Crippen LogP) is 7.82. The van der Waals surface area contributed by atoms with Gasteiger partial charge in [-0.3, -0.25) is 0 Å². The van der Waals surface area contributed by atoms with Gasteiger partial charge in [0.25, 0.3) is 0 Å². The summed E-state index contributed by atoms with van der Waals surface area (Å²) in [6, 6.07) is 8.66. The fraction of sp³-hybridized carbons (Fsp3) is 0.565. The highest BCUT2D eigenvalue weighted by Gasteiger charge is 1.99. The van der Waals surface area contributed by atoms with Crippen LogP contribution in [-0.2, 0) is 6.42 Å². The first-order chi connectivity index (χ1) is 11.1. The van der Waals surface area contributed by atoms with Crippen LogP contribution in [-0.4, -0.2) is 0 Å². The van der Waals surface area contributed by atoms with Crippen molar-refractivity contribution in [3.63, 3.8) is 0 Å². The first-order valence-corrected chi connectivity index (χ1v) is 9.47. The van der Waals surface area contributed by atoms with Gasteiger partial charge in [0, 0.05) is 0 Å². The lowest BCUT2D eigenvalue weighted by Gasteiger charge is -2.08.